The van der Waals surface area contributed by atoms with Crippen LogP contribution in [0.3, 0.4) is 0 Å². The minimum atomic E-state index is -2.57. The minimum Gasteiger partial charge on any atom is -0.404 e. The first-order valence-corrected chi connectivity index (χ1v) is 15.3. The van der Waals surface area contributed by atoms with E-state index in [9.17, 15) is 0 Å². The Labute approximate surface area is 208 Å². The number of hydrogen-bond acceptors (Lipinski definition) is 2. The summed E-state index contributed by atoms with van der Waals surface area (Å²) in [6, 6.07) is 22.3. The molecule has 0 aromatic heterocycles. The maximum absolute atomic E-state index is 7.78. The van der Waals surface area contributed by atoms with Crippen molar-refractivity contribution in [2.45, 2.75) is 103 Å². The summed E-state index contributed by atoms with van der Waals surface area (Å²) in [4.78, 5) is 0. The lowest BCUT2D eigenvalue weighted by Crippen LogP contribution is -2.70. The van der Waals surface area contributed by atoms with Gasteiger partial charge in [0, 0.05) is 0 Å². The second kappa shape index (κ2) is 8.05. The monoisotopic (exact) mass is 476 g/mol. The van der Waals surface area contributed by atoms with Gasteiger partial charge in [0.05, 0.1) is 17.3 Å². The van der Waals surface area contributed by atoms with Gasteiger partial charge in [0.2, 0.25) is 0 Å². The minimum absolute atomic E-state index is 0.00980. The Morgan fingerprint density at radius 2 is 1.38 bits per heavy atom. The molecule has 34 heavy (non-hydrogen) atoms. The maximum Gasteiger partial charge on any atom is 0.261 e. The molecule has 1 aliphatic heterocycles. The van der Waals surface area contributed by atoms with E-state index < -0.39 is 8.32 Å². The van der Waals surface area contributed by atoms with E-state index in [1.165, 1.54) is 29.6 Å². The summed E-state index contributed by atoms with van der Waals surface area (Å²) in [5.74, 6) is 1.31. The molecule has 1 heterocycles. The SMILES string of the molecule is CC1(C)C[C@H]2CC[C@@]3(C)[C@H](O[Si](c4ccccc4)(c4ccccc4)C(C)(C)C)CC[C@@](C)(O1)[C@@H]23. The summed E-state index contributed by atoms with van der Waals surface area (Å²) in [5, 5.41) is 2.79. The third-order valence-electron chi connectivity index (χ3n) is 9.53. The van der Waals surface area contributed by atoms with Gasteiger partial charge in [-0.25, -0.2) is 0 Å². The van der Waals surface area contributed by atoms with Gasteiger partial charge in [-0.05, 0) is 85.5 Å². The zero-order chi connectivity index (χ0) is 24.4. The first kappa shape index (κ1) is 24.3. The van der Waals surface area contributed by atoms with E-state index in [1.807, 2.05) is 0 Å². The molecule has 0 amide bonds. The second-order valence-electron chi connectivity index (χ2n) is 13.5. The Bertz CT molecular complexity index is 971. The largest absolute Gasteiger partial charge is 0.404 e. The van der Waals surface area contributed by atoms with Crippen molar-refractivity contribution < 1.29 is 9.16 Å². The van der Waals surface area contributed by atoms with E-state index >= 15 is 0 Å². The third-order valence-corrected chi connectivity index (χ3v) is 14.6. The van der Waals surface area contributed by atoms with Crippen LogP contribution in [-0.4, -0.2) is 25.6 Å². The molecule has 0 spiro atoms. The van der Waals surface area contributed by atoms with Crippen LogP contribution in [0.15, 0.2) is 60.7 Å². The molecule has 2 saturated carbocycles. The van der Waals surface area contributed by atoms with Crippen LogP contribution in [-0.2, 0) is 9.16 Å². The Morgan fingerprint density at radius 3 is 1.91 bits per heavy atom. The summed E-state index contributed by atoms with van der Waals surface area (Å²) in [5.41, 5.74) is 0.0943. The summed E-state index contributed by atoms with van der Waals surface area (Å²) in [6.45, 7) is 16.8. The standard InChI is InChI=1S/C31H44O2Si/c1-28(2,3)34(24-14-10-8-11-15-24,25-16-12-9-13-17-25)32-26-19-21-31(7)27-23(18-20-30(26,27)6)22-29(4,5)33-31/h8-17,23,26-27H,18-22H2,1-7H3/t23-,26-,27+,30+,31-/m1/s1. The molecule has 3 aliphatic rings. The first-order valence-electron chi connectivity index (χ1n) is 13.4. The molecule has 3 heteroatoms. The van der Waals surface area contributed by atoms with Gasteiger partial charge in [-0.1, -0.05) is 88.4 Å². The Morgan fingerprint density at radius 1 is 0.824 bits per heavy atom. The molecule has 0 bridgehead atoms. The van der Waals surface area contributed by atoms with E-state index in [-0.39, 0.29) is 27.8 Å². The van der Waals surface area contributed by atoms with Crippen LogP contribution in [0.4, 0.5) is 0 Å². The molecule has 184 valence electrons. The van der Waals surface area contributed by atoms with Crippen molar-refractivity contribution in [3.8, 4) is 0 Å². The van der Waals surface area contributed by atoms with Crippen molar-refractivity contribution in [2.75, 3.05) is 0 Å². The highest BCUT2D eigenvalue weighted by atomic mass is 28.4. The second-order valence-corrected chi connectivity index (χ2v) is 17.7. The van der Waals surface area contributed by atoms with E-state index in [0.29, 0.717) is 5.92 Å². The van der Waals surface area contributed by atoms with Crippen LogP contribution < -0.4 is 10.4 Å². The number of ether oxygens (including phenoxy) is 1. The molecular weight excluding hydrogens is 432 g/mol. The average Bonchev–Trinajstić information content (AvgIpc) is 3.11. The normalized spacial score (nSPS) is 35.1. The van der Waals surface area contributed by atoms with E-state index in [2.05, 4.69) is 109 Å². The van der Waals surface area contributed by atoms with Crippen molar-refractivity contribution in [3.05, 3.63) is 60.7 Å². The number of rotatable bonds is 4. The lowest BCUT2D eigenvalue weighted by molar-refractivity contribution is -0.255. The van der Waals surface area contributed by atoms with Crippen molar-refractivity contribution in [2.24, 2.45) is 17.3 Å². The van der Waals surface area contributed by atoms with Crippen molar-refractivity contribution in [1.29, 1.82) is 0 Å². The lowest BCUT2D eigenvalue weighted by atomic mass is 9.57. The highest BCUT2D eigenvalue weighted by Crippen LogP contribution is 2.65. The maximum atomic E-state index is 7.78. The molecule has 2 aromatic carbocycles. The number of hydrogen-bond donors (Lipinski definition) is 0. The van der Waals surface area contributed by atoms with Crippen LogP contribution >= 0.6 is 0 Å². The number of benzene rings is 2. The average molecular weight is 477 g/mol. The lowest BCUT2D eigenvalue weighted by Gasteiger charge is -2.61. The van der Waals surface area contributed by atoms with Gasteiger partial charge >= 0.3 is 0 Å². The van der Waals surface area contributed by atoms with Crippen LogP contribution in [0.1, 0.15) is 80.6 Å². The highest BCUT2D eigenvalue weighted by molar-refractivity contribution is 6.99. The molecule has 2 aliphatic carbocycles. The van der Waals surface area contributed by atoms with Crippen molar-refractivity contribution in [3.63, 3.8) is 0 Å². The van der Waals surface area contributed by atoms with Gasteiger partial charge in [-0.3, -0.25) is 0 Å². The fourth-order valence-electron chi connectivity index (χ4n) is 8.55. The van der Waals surface area contributed by atoms with Crippen LogP contribution in [0.25, 0.3) is 0 Å². The van der Waals surface area contributed by atoms with Gasteiger partial charge in [-0.15, -0.1) is 0 Å². The van der Waals surface area contributed by atoms with Gasteiger partial charge in [0.1, 0.15) is 0 Å². The topological polar surface area (TPSA) is 18.5 Å². The van der Waals surface area contributed by atoms with Crippen molar-refractivity contribution >= 4 is 18.7 Å². The Hall–Kier alpha value is -1.42. The molecule has 0 N–H and O–H groups in total. The van der Waals surface area contributed by atoms with Crippen LogP contribution in [0, 0.1) is 17.3 Å². The van der Waals surface area contributed by atoms with Crippen LogP contribution in [0.5, 0.6) is 0 Å². The summed E-state index contributed by atoms with van der Waals surface area (Å²) in [7, 11) is -2.57. The third kappa shape index (κ3) is 3.65. The van der Waals surface area contributed by atoms with Gasteiger partial charge in [-0.2, -0.15) is 0 Å². The molecule has 2 aromatic rings. The van der Waals surface area contributed by atoms with E-state index in [4.69, 9.17) is 9.16 Å². The molecule has 1 saturated heterocycles. The molecular formula is C31H44O2Si. The summed E-state index contributed by atoms with van der Waals surface area (Å²) >= 11 is 0. The van der Waals surface area contributed by atoms with E-state index in [1.54, 1.807) is 0 Å². The van der Waals surface area contributed by atoms with Gasteiger partial charge < -0.3 is 9.16 Å². The zero-order valence-electron chi connectivity index (χ0n) is 22.4. The molecule has 5 rings (SSSR count). The predicted octanol–water partition coefficient (Wildman–Crippen LogP) is 6.72. The first-order chi connectivity index (χ1) is 15.9. The van der Waals surface area contributed by atoms with Crippen molar-refractivity contribution in [1.82, 2.24) is 0 Å². The fourth-order valence-corrected chi connectivity index (χ4v) is 13.4. The predicted molar refractivity (Wildman–Crippen MR) is 144 cm³/mol. The quantitative estimate of drug-likeness (QED) is 0.456. The molecule has 2 nitrogen and oxygen atoms in total. The fraction of sp³-hybridized carbons (Fsp3) is 0.613. The zero-order valence-corrected chi connectivity index (χ0v) is 23.4. The Balaban J connectivity index is 1.61. The summed E-state index contributed by atoms with van der Waals surface area (Å²) < 4.78 is 14.7. The molecule has 5 atom stereocenters. The molecule has 3 fully saturated rings. The smallest absolute Gasteiger partial charge is 0.261 e. The summed E-state index contributed by atoms with van der Waals surface area (Å²) in [6.07, 6.45) is 6.16. The van der Waals surface area contributed by atoms with Crippen LogP contribution in [0.2, 0.25) is 5.04 Å². The van der Waals surface area contributed by atoms with Gasteiger partial charge in [0.25, 0.3) is 8.32 Å². The molecule has 0 radical (unpaired) electrons. The molecule has 0 unspecified atom stereocenters. The van der Waals surface area contributed by atoms with E-state index in [0.717, 1.165) is 18.8 Å². The highest BCUT2D eigenvalue weighted by Gasteiger charge is 2.66. The Kier molecular flexibility index (Phi) is 5.75. The van der Waals surface area contributed by atoms with Gasteiger partial charge in [0.15, 0.2) is 0 Å².